The van der Waals surface area contributed by atoms with Crippen molar-refractivity contribution in [3.05, 3.63) is 11.9 Å². The number of aromatic nitrogens is 3. The maximum absolute atomic E-state index is 5.55. The molecule has 0 aliphatic rings. The second kappa shape index (κ2) is 8.16. The second-order valence-electron chi connectivity index (χ2n) is 3.82. The standard InChI is InChI=1S/C11H23N5O/c1-3-15(4-2)5-7-17-8-6-16-10-11(9-12)13-14-16/h10H,3-9,12H2,1-2H3. The Morgan fingerprint density at radius 2 is 2.12 bits per heavy atom. The summed E-state index contributed by atoms with van der Waals surface area (Å²) in [4.78, 5) is 2.34. The normalized spacial score (nSPS) is 11.3. The van der Waals surface area contributed by atoms with E-state index in [2.05, 4.69) is 29.1 Å². The van der Waals surface area contributed by atoms with Gasteiger partial charge in [0.15, 0.2) is 0 Å². The van der Waals surface area contributed by atoms with E-state index in [1.807, 2.05) is 6.20 Å². The van der Waals surface area contributed by atoms with Gasteiger partial charge in [0.2, 0.25) is 0 Å². The quantitative estimate of drug-likeness (QED) is 0.621. The summed E-state index contributed by atoms with van der Waals surface area (Å²) in [5.41, 5.74) is 6.26. The van der Waals surface area contributed by atoms with Crippen LogP contribution in [0.15, 0.2) is 6.20 Å². The first-order valence-electron chi connectivity index (χ1n) is 6.19. The van der Waals surface area contributed by atoms with Crippen LogP contribution < -0.4 is 5.73 Å². The van der Waals surface area contributed by atoms with Crippen molar-refractivity contribution in [1.29, 1.82) is 0 Å². The van der Waals surface area contributed by atoms with Gasteiger partial charge in [-0.1, -0.05) is 19.1 Å². The van der Waals surface area contributed by atoms with E-state index in [0.717, 1.165) is 38.5 Å². The molecule has 0 fully saturated rings. The molecule has 0 aromatic carbocycles. The van der Waals surface area contributed by atoms with Crippen molar-refractivity contribution in [1.82, 2.24) is 19.9 Å². The molecule has 2 N–H and O–H groups in total. The van der Waals surface area contributed by atoms with Gasteiger partial charge in [0.25, 0.3) is 0 Å². The van der Waals surface area contributed by atoms with Crippen LogP contribution in [0.5, 0.6) is 0 Å². The molecule has 1 aromatic heterocycles. The molecule has 0 atom stereocenters. The Morgan fingerprint density at radius 3 is 2.71 bits per heavy atom. The molecule has 6 nitrogen and oxygen atoms in total. The van der Waals surface area contributed by atoms with E-state index in [-0.39, 0.29) is 0 Å². The number of hydrogen-bond acceptors (Lipinski definition) is 5. The number of rotatable bonds is 9. The zero-order valence-electron chi connectivity index (χ0n) is 10.8. The van der Waals surface area contributed by atoms with Gasteiger partial charge >= 0.3 is 0 Å². The molecule has 0 radical (unpaired) electrons. The molecule has 0 saturated carbocycles. The fourth-order valence-electron chi connectivity index (χ4n) is 1.53. The lowest BCUT2D eigenvalue weighted by atomic mass is 10.5. The molecular weight excluding hydrogens is 218 g/mol. The molecule has 0 aliphatic heterocycles. The van der Waals surface area contributed by atoms with E-state index in [4.69, 9.17) is 10.5 Å². The molecular formula is C11H23N5O. The lowest BCUT2D eigenvalue weighted by molar-refractivity contribution is 0.0988. The molecule has 0 bridgehead atoms. The smallest absolute Gasteiger partial charge is 0.0962 e. The van der Waals surface area contributed by atoms with Crippen LogP contribution >= 0.6 is 0 Å². The first kappa shape index (κ1) is 14.1. The lowest BCUT2D eigenvalue weighted by Gasteiger charge is -2.17. The van der Waals surface area contributed by atoms with Crippen molar-refractivity contribution in [2.45, 2.75) is 26.9 Å². The Labute approximate surface area is 103 Å². The maximum atomic E-state index is 5.55. The Morgan fingerprint density at radius 1 is 1.35 bits per heavy atom. The van der Waals surface area contributed by atoms with E-state index in [0.29, 0.717) is 13.2 Å². The van der Waals surface area contributed by atoms with E-state index in [9.17, 15) is 0 Å². The number of nitrogens with two attached hydrogens (primary N) is 1. The zero-order valence-corrected chi connectivity index (χ0v) is 10.8. The van der Waals surface area contributed by atoms with Gasteiger partial charge in [-0.3, -0.25) is 0 Å². The van der Waals surface area contributed by atoms with Crippen LogP contribution in [-0.2, 0) is 17.8 Å². The summed E-state index contributed by atoms with van der Waals surface area (Å²) in [6, 6.07) is 0. The zero-order chi connectivity index (χ0) is 12.5. The predicted octanol–water partition coefficient (Wildman–Crippen LogP) is 0.0952. The van der Waals surface area contributed by atoms with E-state index in [1.54, 1.807) is 4.68 Å². The maximum Gasteiger partial charge on any atom is 0.0962 e. The van der Waals surface area contributed by atoms with Gasteiger partial charge in [0.1, 0.15) is 0 Å². The molecule has 0 amide bonds. The summed E-state index contributed by atoms with van der Waals surface area (Å²) >= 11 is 0. The first-order valence-corrected chi connectivity index (χ1v) is 6.19. The van der Waals surface area contributed by atoms with Crippen molar-refractivity contribution in [2.75, 3.05) is 32.8 Å². The third-order valence-corrected chi connectivity index (χ3v) is 2.71. The number of nitrogens with zero attached hydrogens (tertiary/aromatic N) is 4. The average molecular weight is 241 g/mol. The highest BCUT2D eigenvalue weighted by molar-refractivity contribution is 4.90. The Balaban J connectivity index is 2.07. The summed E-state index contributed by atoms with van der Waals surface area (Å²) in [6.07, 6.45) is 1.85. The Kier molecular flexibility index (Phi) is 6.76. The summed E-state index contributed by atoms with van der Waals surface area (Å²) in [6.45, 7) is 10.0. The van der Waals surface area contributed by atoms with Gasteiger partial charge in [-0.05, 0) is 13.1 Å². The third-order valence-electron chi connectivity index (χ3n) is 2.71. The molecule has 98 valence electrons. The van der Waals surface area contributed by atoms with Crippen molar-refractivity contribution in [3.63, 3.8) is 0 Å². The van der Waals surface area contributed by atoms with Gasteiger partial charge in [-0.15, -0.1) is 5.10 Å². The highest BCUT2D eigenvalue weighted by Crippen LogP contribution is 1.92. The minimum atomic E-state index is 0.433. The topological polar surface area (TPSA) is 69.2 Å². The van der Waals surface area contributed by atoms with Gasteiger partial charge < -0.3 is 15.4 Å². The fourth-order valence-corrected chi connectivity index (χ4v) is 1.53. The summed E-state index contributed by atoms with van der Waals surface area (Å²) in [5.74, 6) is 0. The van der Waals surface area contributed by atoms with Crippen LogP contribution in [0.4, 0.5) is 0 Å². The van der Waals surface area contributed by atoms with Crippen molar-refractivity contribution in [3.8, 4) is 0 Å². The fraction of sp³-hybridized carbons (Fsp3) is 0.818. The number of likely N-dealkylation sites (N-methyl/N-ethyl adjacent to an activating group) is 1. The molecule has 0 spiro atoms. The van der Waals surface area contributed by atoms with Crippen LogP contribution in [0.1, 0.15) is 19.5 Å². The minimum absolute atomic E-state index is 0.433. The van der Waals surface area contributed by atoms with Gasteiger partial charge in [0.05, 0.1) is 25.5 Å². The van der Waals surface area contributed by atoms with Crippen LogP contribution in [0, 0.1) is 0 Å². The molecule has 0 aliphatic carbocycles. The van der Waals surface area contributed by atoms with Gasteiger partial charge in [0, 0.05) is 19.3 Å². The summed E-state index contributed by atoms with van der Waals surface area (Å²) in [7, 11) is 0. The van der Waals surface area contributed by atoms with Gasteiger partial charge in [-0.25, -0.2) is 4.68 Å². The first-order chi connectivity index (χ1) is 8.30. The van der Waals surface area contributed by atoms with Crippen LogP contribution in [0.3, 0.4) is 0 Å². The molecule has 1 rings (SSSR count). The van der Waals surface area contributed by atoms with Crippen molar-refractivity contribution >= 4 is 0 Å². The predicted molar refractivity (Wildman–Crippen MR) is 66.5 cm³/mol. The van der Waals surface area contributed by atoms with Crippen LogP contribution in [-0.4, -0.2) is 52.7 Å². The van der Waals surface area contributed by atoms with Crippen molar-refractivity contribution in [2.24, 2.45) is 5.73 Å². The van der Waals surface area contributed by atoms with E-state index in [1.165, 1.54) is 0 Å². The van der Waals surface area contributed by atoms with Crippen LogP contribution in [0.25, 0.3) is 0 Å². The van der Waals surface area contributed by atoms with E-state index < -0.39 is 0 Å². The summed E-state index contributed by atoms with van der Waals surface area (Å²) in [5, 5.41) is 7.86. The average Bonchev–Trinajstić information content (AvgIpc) is 2.82. The molecule has 0 saturated heterocycles. The minimum Gasteiger partial charge on any atom is -0.378 e. The Bertz CT molecular complexity index is 298. The largest absolute Gasteiger partial charge is 0.378 e. The molecule has 1 aromatic rings. The Hall–Kier alpha value is -0.980. The number of ether oxygens (including phenoxy) is 1. The SMILES string of the molecule is CCN(CC)CCOCCn1cc(CN)nn1. The molecule has 0 unspecified atom stereocenters. The molecule has 17 heavy (non-hydrogen) atoms. The highest BCUT2D eigenvalue weighted by Gasteiger charge is 2.00. The third kappa shape index (κ3) is 5.25. The van der Waals surface area contributed by atoms with Crippen LogP contribution in [0.2, 0.25) is 0 Å². The monoisotopic (exact) mass is 241 g/mol. The molecule has 6 heteroatoms. The van der Waals surface area contributed by atoms with E-state index >= 15 is 0 Å². The number of hydrogen-bond donors (Lipinski definition) is 1. The van der Waals surface area contributed by atoms with Gasteiger partial charge in [-0.2, -0.15) is 0 Å². The molecule has 1 heterocycles. The van der Waals surface area contributed by atoms with Crippen molar-refractivity contribution < 1.29 is 4.74 Å². The highest BCUT2D eigenvalue weighted by atomic mass is 16.5. The summed E-state index contributed by atoms with van der Waals surface area (Å²) < 4.78 is 7.32. The second-order valence-corrected chi connectivity index (χ2v) is 3.82. The lowest BCUT2D eigenvalue weighted by Crippen LogP contribution is -2.27.